The summed E-state index contributed by atoms with van der Waals surface area (Å²) in [7, 11) is 0. The molecule has 0 unspecified atom stereocenters. The van der Waals surface area contributed by atoms with Crippen LogP contribution in [0.5, 0.6) is 5.75 Å². The van der Waals surface area contributed by atoms with Gasteiger partial charge in [0.05, 0.1) is 0 Å². The summed E-state index contributed by atoms with van der Waals surface area (Å²) in [6, 6.07) is 11.3. The van der Waals surface area contributed by atoms with Crippen molar-refractivity contribution < 1.29 is 14.3 Å². The Morgan fingerprint density at radius 3 is 2.67 bits per heavy atom. The van der Waals surface area contributed by atoms with Gasteiger partial charge in [-0.25, -0.2) is 0 Å². The zero-order valence-electron chi connectivity index (χ0n) is 9.92. The SMILES string of the molecule is CC(=O)Oc1ccc2ccccc2c1/C=C/C=O. The van der Waals surface area contributed by atoms with E-state index in [2.05, 4.69) is 0 Å². The molecule has 0 heterocycles. The van der Waals surface area contributed by atoms with Gasteiger partial charge >= 0.3 is 5.97 Å². The van der Waals surface area contributed by atoms with Gasteiger partial charge < -0.3 is 4.74 Å². The molecule has 0 saturated heterocycles. The summed E-state index contributed by atoms with van der Waals surface area (Å²) in [5.41, 5.74) is 0.732. The summed E-state index contributed by atoms with van der Waals surface area (Å²) in [6.45, 7) is 1.35. The Morgan fingerprint density at radius 1 is 1.17 bits per heavy atom. The first kappa shape index (κ1) is 12.0. The van der Waals surface area contributed by atoms with Gasteiger partial charge in [0, 0.05) is 12.5 Å². The third-order valence-corrected chi connectivity index (χ3v) is 2.53. The van der Waals surface area contributed by atoms with Crippen molar-refractivity contribution in [3.63, 3.8) is 0 Å². The van der Waals surface area contributed by atoms with Crippen LogP contribution in [-0.4, -0.2) is 12.3 Å². The van der Waals surface area contributed by atoms with Crippen molar-refractivity contribution in [1.82, 2.24) is 0 Å². The Morgan fingerprint density at radius 2 is 1.94 bits per heavy atom. The third kappa shape index (κ3) is 2.46. The van der Waals surface area contributed by atoms with E-state index < -0.39 is 0 Å². The molecule has 0 radical (unpaired) electrons. The first-order valence-corrected chi connectivity index (χ1v) is 5.54. The average Bonchev–Trinajstić information content (AvgIpc) is 2.37. The standard InChI is InChI=1S/C15H12O3/c1-11(17)18-15-9-8-12-5-2-3-6-13(12)14(15)7-4-10-16/h2-10H,1H3/b7-4+. The van der Waals surface area contributed by atoms with Crippen molar-refractivity contribution in [2.75, 3.05) is 0 Å². The second-order valence-corrected chi connectivity index (χ2v) is 3.79. The van der Waals surface area contributed by atoms with Gasteiger partial charge in [0.1, 0.15) is 12.0 Å². The van der Waals surface area contributed by atoms with Gasteiger partial charge in [-0.05, 0) is 29.0 Å². The lowest BCUT2D eigenvalue weighted by atomic mass is 10.0. The average molecular weight is 240 g/mol. The summed E-state index contributed by atoms with van der Waals surface area (Å²) in [5.74, 6) is 0.0744. The second kappa shape index (κ2) is 5.27. The van der Waals surface area contributed by atoms with Gasteiger partial charge in [-0.1, -0.05) is 30.3 Å². The topological polar surface area (TPSA) is 43.4 Å². The van der Waals surface area contributed by atoms with Gasteiger partial charge in [-0.3, -0.25) is 9.59 Å². The molecule has 2 rings (SSSR count). The van der Waals surface area contributed by atoms with Crippen LogP contribution in [0, 0.1) is 0 Å². The minimum Gasteiger partial charge on any atom is -0.426 e. The number of hydrogen-bond acceptors (Lipinski definition) is 3. The maximum absolute atomic E-state index is 11.1. The molecule has 2 aromatic carbocycles. The van der Waals surface area contributed by atoms with Gasteiger partial charge in [-0.15, -0.1) is 0 Å². The Balaban J connectivity index is 2.66. The monoisotopic (exact) mass is 240 g/mol. The zero-order chi connectivity index (χ0) is 13.0. The Kier molecular flexibility index (Phi) is 3.53. The number of carbonyl (C=O) groups excluding carboxylic acids is 2. The zero-order valence-corrected chi connectivity index (χ0v) is 9.92. The van der Waals surface area contributed by atoms with Crippen LogP contribution in [0.1, 0.15) is 12.5 Å². The fraction of sp³-hybridized carbons (Fsp3) is 0.0667. The van der Waals surface area contributed by atoms with Crippen molar-refractivity contribution in [3.8, 4) is 5.75 Å². The lowest BCUT2D eigenvalue weighted by Crippen LogP contribution is -2.02. The molecule has 0 atom stereocenters. The summed E-state index contributed by atoms with van der Waals surface area (Å²) < 4.78 is 5.14. The van der Waals surface area contributed by atoms with Crippen LogP contribution < -0.4 is 4.74 Å². The number of carbonyl (C=O) groups is 2. The molecular formula is C15H12O3. The molecule has 0 amide bonds. The van der Waals surface area contributed by atoms with Crippen molar-refractivity contribution in [1.29, 1.82) is 0 Å². The molecule has 3 heteroatoms. The molecule has 0 aromatic heterocycles. The molecule has 0 saturated carbocycles. The van der Waals surface area contributed by atoms with Crippen LogP contribution in [0.25, 0.3) is 16.8 Å². The lowest BCUT2D eigenvalue weighted by molar-refractivity contribution is -0.131. The minimum atomic E-state index is -0.383. The Bertz CT molecular complexity index is 627. The highest BCUT2D eigenvalue weighted by atomic mass is 16.5. The fourth-order valence-electron chi connectivity index (χ4n) is 1.83. The van der Waals surface area contributed by atoms with E-state index in [9.17, 15) is 9.59 Å². The molecule has 18 heavy (non-hydrogen) atoms. The van der Waals surface area contributed by atoms with Crippen molar-refractivity contribution in [3.05, 3.63) is 48.0 Å². The maximum atomic E-state index is 11.1. The number of ether oxygens (including phenoxy) is 1. The van der Waals surface area contributed by atoms with E-state index in [-0.39, 0.29) is 5.97 Å². The molecule has 90 valence electrons. The summed E-state index contributed by atoms with van der Waals surface area (Å²) in [4.78, 5) is 21.5. The second-order valence-electron chi connectivity index (χ2n) is 3.79. The normalized spacial score (nSPS) is 10.7. The number of benzene rings is 2. The van der Waals surface area contributed by atoms with Crippen LogP contribution in [-0.2, 0) is 9.59 Å². The van der Waals surface area contributed by atoms with Gasteiger partial charge in [0.15, 0.2) is 0 Å². The first-order chi connectivity index (χ1) is 8.72. The molecular weight excluding hydrogens is 228 g/mol. The predicted octanol–water partition coefficient (Wildman–Crippen LogP) is 2.98. The number of esters is 1. The quantitative estimate of drug-likeness (QED) is 0.358. The van der Waals surface area contributed by atoms with Crippen LogP contribution in [0.15, 0.2) is 42.5 Å². The largest absolute Gasteiger partial charge is 0.426 e. The molecule has 0 aliphatic carbocycles. The van der Waals surface area contributed by atoms with Gasteiger partial charge in [0.25, 0.3) is 0 Å². The van der Waals surface area contributed by atoms with E-state index in [4.69, 9.17) is 4.74 Å². The molecule has 0 spiro atoms. The molecule has 0 bridgehead atoms. The number of rotatable bonds is 3. The van der Waals surface area contributed by atoms with Crippen LogP contribution in [0.4, 0.5) is 0 Å². The molecule has 0 fully saturated rings. The molecule has 0 aliphatic heterocycles. The highest BCUT2D eigenvalue weighted by molar-refractivity contribution is 5.95. The number of hydrogen-bond donors (Lipinski definition) is 0. The Labute approximate surface area is 105 Å². The van der Waals surface area contributed by atoms with Crippen molar-refractivity contribution in [2.24, 2.45) is 0 Å². The van der Waals surface area contributed by atoms with E-state index in [0.717, 1.165) is 16.3 Å². The summed E-state index contributed by atoms with van der Waals surface area (Å²) >= 11 is 0. The minimum absolute atomic E-state index is 0.383. The molecule has 0 aliphatic rings. The van der Waals surface area contributed by atoms with E-state index in [1.54, 1.807) is 12.1 Å². The van der Waals surface area contributed by atoms with Crippen molar-refractivity contribution in [2.45, 2.75) is 6.92 Å². The third-order valence-electron chi connectivity index (χ3n) is 2.53. The van der Waals surface area contributed by atoms with E-state index >= 15 is 0 Å². The van der Waals surface area contributed by atoms with E-state index in [0.29, 0.717) is 12.0 Å². The van der Waals surface area contributed by atoms with Crippen molar-refractivity contribution >= 4 is 29.1 Å². The highest BCUT2D eigenvalue weighted by Gasteiger charge is 2.07. The molecule has 3 nitrogen and oxygen atoms in total. The number of aldehydes is 1. The van der Waals surface area contributed by atoms with E-state index in [1.807, 2.05) is 30.3 Å². The van der Waals surface area contributed by atoms with Crippen LogP contribution in [0.2, 0.25) is 0 Å². The number of fused-ring (bicyclic) bond motifs is 1. The predicted molar refractivity (Wildman–Crippen MR) is 70.4 cm³/mol. The summed E-state index contributed by atoms with van der Waals surface area (Å²) in [6.07, 6.45) is 3.72. The lowest BCUT2D eigenvalue weighted by Gasteiger charge is -2.09. The summed E-state index contributed by atoms with van der Waals surface area (Å²) in [5, 5.41) is 1.97. The maximum Gasteiger partial charge on any atom is 0.308 e. The smallest absolute Gasteiger partial charge is 0.308 e. The number of allylic oxidation sites excluding steroid dienone is 1. The Hall–Kier alpha value is -2.42. The fourth-order valence-corrected chi connectivity index (χ4v) is 1.83. The molecule has 2 aromatic rings. The van der Waals surface area contributed by atoms with Gasteiger partial charge in [-0.2, -0.15) is 0 Å². The van der Waals surface area contributed by atoms with E-state index in [1.165, 1.54) is 13.0 Å². The van der Waals surface area contributed by atoms with Crippen LogP contribution >= 0.6 is 0 Å². The first-order valence-electron chi connectivity index (χ1n) is 5.54. The van der Waals surface area contributed by atoms with Crippen LogP contribution in [0.3, 0.4) is 0 Å². The highest BCUT2D eigenvalue weighted by Crippen LogP contribution is 2.29. The molecule has 0 N–H and O–H groups in total. The van der Waals surface area contributed by atoms with Gasteiger partial charge in [0.2, 0.25) is 0 Å².